The molecule has 126 valence electrons. The minimum Gasteiger partial charge on any atom is -0.308 e. The Morgan fingerprint density at radius 3 is 2.48 bits per heavy atom. The van der Waals surface area contributed by atoms with Crippen molar-refractivity contribution < 1.29 is 9.72 Å². The molecule has 3 rings (SSSR count). The van der Waals surface area contributed by atoms with Crippen molar-refractivity contribution in [1.82, 2.24) is 9.78 Å². The molecule has 25 heavy (non-hydrogen) atoms. The number of nitro benzene ring substituents is 1. The summed E-state index contributed by atoms with van der Waals surface area (Å²) in [6, 6.07) is 12.6. The number of carbonyl (C=O) groups excluding carboxylic acids is 1. The smallest absolute Gasteiger partial charge is 0.308 e. The van der Waals surface area contributed by atoms with Crippen LogP contribution in [0.25, 0.3) is 11.1 Å². The minimum atomic E-state index is -0.492. The Kier molecular flexibility index (Phi) is 4.42. The minimum absolute atomic E-state index is 0.0344. The van der Waals surface area contributed by atoms with Crippen LogP contribution in [0.15, 0.2) is 60.9 Å². The van der Waals surface area contributed by atoms with Crippen molar-refractivity contribution in [2.45, 2.75) is 0 Å². The molecule has 0 fully saturated rings. The third kappa shape index (κ3) is 3.81. The van der Waals surface area contributed by atoms with Gasteiger partial charge in [0.05, 0.1) is 16.8 Å². The number of non-ortho nitro benzene ring substituents is 1. The number of carbonyl (C=O) groups is 1. The summed E-state index contributed by atoms with van der Waals surface area (Å²) in [5.41, 5.74) is 2.79. The van der Waals surface area contributed by atoms with Crippen LogP contribution in [0.2, 0.25) is 0 Å². The average Bonchev–Trinajstić information content (AvgIpc) is 3.02. The van der Waals surface area contributed by atoms with E-state index in [-0.39, 0.29) is 5.69 Å². The number of aromatic nitrogens is 2. The molecule has 0 spiro atoms. The zero-order chi connectivity index (χ0) is 17.8. The number of nitro groups is 1. The zero-order valence-corrected chi connectivity index (χ0v) is 13.3. The molecule has 3 aromatic rings. The fourth-order valence-electron chi connectivity index (χ4n) is 2.36. The first-order valence-electron chi connectivity index (χ1n) is 7.43. The highest BCUT2D eigenvalue weighted by molar-refractivity contribution is 6.02. The molecule has 1 aromatic heterocycles. The molecule has 2 amide bonds. The summed E-state index contributed by atoms with van der Waals surface area (Å²) in [6.45, 7) is 0. The number of aryl methyl sites for hydroxylation is 1. The van der Waals surface area contributed by atoms with Gasteiger partial charge in [-0.05, 0) is 18.2 Å². The number of amides is 2. The van der Waals surface area contributed by atoms with E-state index < -0.39 is 11.0 Å². The number of nitrogens with one attached hydrogen (secondary N) is 2. The van der Waals surface area contributed by atoms with Crippen molar-refractivity contribution in [2.24, 2.45) is 7.05 Å². The van der Waals surface area contributed by atoms with Gasteiger partial charge in [0, 0.05) is 42.2 Å². The standard InChI is InChI=1S/C17H15N5O3/c1-21-11-12(10-18-21)15-4-2-3-5-16(15)20-17(23)19-13-6-8-14(9-7-13)22(24)25/h2-11H,1H3,(H2,19,20,23). The van der Waals surface area contributed by atoms with Gasteiger partial charge < -0.3 is 10.6 Å². The lowest BCUT2D eigenvalue weighted by molar-refractivity contribution is -0.384. The molecule has 0 bridgehead atoms. The van der Waals surface area contributed by atoms with Gasteiger partial charge in [-0.3, -0.25) is 14.8 Å². The second-order valence-corrected chi connectivity index (χ2v) is 5.33. The van der Waals surface area contributed by atoms with E-state index in [4.69, 9.17) is 0 Å². The van der Waals surface area contributed by atoms with Crippen LogP contribution in [0, 0.1) is 10.1 Å². The van der Waals surface area contributed by atoms with Crippen LogP contribution < -0.4 is 10.6 Å². The van der Waals surface area contributed by atoms with E-state index in [0.717, 1.165) is 11.1 Å². The van der Waals surface area contributed by atoms with E-state index in [1.54, 1.807) is 16.9 Å². The monoisotopic (exact) mass is 337 g/mol. The number of benzene rings is 2. The van der Waals surface area contributed by atoms with Crippen LogP contribution in [0.4, 0.5) is 21.9 Å². The Labute approximate surface area is 143 Å². The van der Waals surface area contributed by atoms with Crippen LogP contribution in [-0.2, 0) is 7.05 Å². The summed E-state index contributed by atoms with van der Waals surface area (Å²) in [4.78, 5) is 22.4. The van der Waals surface area contributed by atoms with E-state index in [9.17, 15) is 14.9 Å². The Morgan fingerprint density at radius 1 is 1.12 bits per heavy atom. The van der Waals surface area contributed by atoms with Crippen LogP contribution in [-0.4, -0.2) is 20.7 Å². The van der Waals surface area contributed by atoms with Crippen molar-refractivity contribution in [2.75, 3.05) is 10.6 Å². The molecule has 1 heterocycles. The first-order valence-corrected chi connectivity index (χ1v) is 7.43. The Hall–Kier alpha value is -3.68. The number of urea groups is 1. The van der Waals surface area contributed by atoms with Crippen molar-refractivity contribution in [3.05, 3.63) is 71.0 Å². The summed E-state index contributed by atoms with van der Waals surface area (Å²) in [5.74, 6) is 0. The Bertz CT molecular complexity index is 918. The third-order valence-electron chi connectivity index (χ3n) is 3.53. The second-order valence-electron chi connectivity index (χ2n) is 5.33. The lowest BCUT2D eigenvalue weighted by Crippen LogP contribution is -2.19. The topological polar surface area (TPSA) is 102 Å². The number of nitrogens with zero attached hydrogens (tertiary/aromatic N) is 3. The third-order valence-corrected chi connectivity index (χ3v) is 3.53. The van der Waals surface area contributed by atoms with Gasteiger partial charge in [-0.15, -0.1) is 0 Å². The highest BCUT2D eigenvalue weighted by Crippen LogP contribution is 2.27. The molecule has 8 heteroatoms. The summed E-state index contributed by atoms with van der Waals surface area (Å²) >= 11 is 0. The fraction of sp³-hybridized carbons (Fsp3) is 0.0588. The highest BCUT2D eigenvalue weighted by Gasteiger charge is 2.10. The number of anilines is 2. The first-order chi connectivity index (χ1) is 12.0. The van der Waals surface area contributed by atoms with Crippen LogP contribution in [0.3, 0.4) is 0 Å². The van der Waals surface area contributed by atoms with Gasteiger partial charge in [-0.1, -0.05) is 18.2 Å². The SMILES string of the molecule is Cn1cc(-c2ccccc2NC(=O)Nc2ccc([N+](=O)[O-])cc2)cn1. The molecule has 2 N–H and O–H groups in total. The molecule has 0 saturated heterocycles. The summed E-state index contributed by atoms with van der Waals surface area (Å²) in [7, 11) is 1.82. The maximum Gasteiger partial charge on any atom is 0.323 e. The van der Waals surface area contributed by atoms with Gasteiger partial charge in [-0.2, -0.15) is 5.10 Å². The number of hydrogen-bond acceptors (Lipinski definition) is 4. The maximum atomic E-state index is 12.2. The van der Waals surface area contributed by atoms with E-state index in [1.807, 2.05) is 31.4 Å². The summed E-state index contributed by atoms with van der Waals surface area (Å²) in [6.07, 6.45) is 3.57. The average molecular weight is 337 g/mol. The predicted molar refractivity (Wildman–Crippen MR) is 94.4 cm³/mol. The van der Waals surface area contributed by atoms with Gasteiger partial charge in [0.2, 0.25) is 0 Å². The predicted octanol–water partition coefficient (Wildman–Crippen LogP) is 3.64. The largest absolute Gasteiger partial charge is 0.323 e. The van der Waals surface area contributed by atoms with Crippen LogP contribution >= 0.6 is 0 Å². The van der Waals surface area contributed by atoms with E-state index in [2.05, 4.69) is 15.7 Å². The van der Waals surface area contributed by atoms with Crippen LogP contribution in [0.1, 0.15) is 0 Å². The van der Waals surface area contributed by atoms with Crippen molar-refractivity contribution >= 4 is 23.1 Å². The quantitative estimate of drug-likeness (QED) is 0.560. The van der Waals surface area contributed by atoms with E-state index >= 15 is 0 Å². The van der Waals surface area contributed by atoms with Crippen molar-refractivity contribution in [1.29, 1.82) is 0 Å². The van der Waals surface area contributed by atoms with Gasteiger partial charge in [-0.25, -0.2) is 4.79 Å². The van der Waals surface area contributed by atoms with Gasteiger partial charge in [0.15, 0.2) is 0 Å². The normalized spacial score (nSPS) is 10.3. The number of hydrogen-bond donors (Lipinski definition) is 2. The molecule has 0 radical (unpaired) electrons. The fourth-order valence-corrected chi connectivity index (χ4v) is 2.36. The molecule has 0 aliphatic heterocycles. The van der Waals surface area contributed by atoms with E-state index in [1.165, 1.54) is 24.3 Å². The molecule has 8 nitrogen and oxygen atoms in total. The molecular weight excluding hydrogens is 322 g/mol. The van der Waals surface area contributed by atoms with Crippen molar-refractivity contribution in [3.8, 4) is 11.1 Å². The highest BCUT2D eigenvalue weighted by atomic mass is 16.6. The molecule has 2 aromatic carbocycles. The first kappa shape index (κ1) is 16.2. The lowest BCUT2D eigenvalue weighted by Gasteiger charge is -2.11. The van der Waals surface area contributed by atoms with Gasteiger partial charge in [0.25, 0.3) is 5.69 Å². The molecule has 0 atom stereocenters. The molecular formula is C17H15N5O3. The molecule has 0 unspecified atom stereocenters. The summed E-state index contributed by atoms with van der Waals surface area (Å²) in [5, 5.41) is 20.2. The van der Waals surface area contributed by atoms with Gasteiger partial charge >= 0.3 is 6.03 Å². The maximum absolute atomic E-state index is 12.2. The lowest BCUT2D eigenvalue weighted by atomic mass is 10.1. The Balaban J connectivity index is 1.74. The molecule has 0 aliphatic carbocycles. The van der Waals surface area contributed by atoms with Crippen LogP contribution in [0.5, 0.6) is 0 Å². The van der Waals surface area contributed by atoms with E-state index in [0.29, 0.717) is 11.4 Å². The molecule has 0 saturated carbocycles. The Morgan fingerprint density at radius 2 is 1.84 bits per heavy atom. The van der Waals surface area contributed by atoms with Gasteiger partial charge in [0.1, 0.15) is 0 Å². The number of para-hydroxylation sites is 1. The number of rotatable bonds is 4. The summed E-state index contributed by atoms with van der Waals surface area (Å²) < 4.78 is 1.68. The van der Waals surface area contributed by atoms with Crippen molar-refractivity contribution in [3.63, 3.8) is 0 Å². The second kappa shape index (κ2) is 6.83. The molecule has 0 aliphatic rings. The zero-order valence-electron chi connectivity index (χ0n) is 13.3.